The number of carbonyl (C=O) groups excluding carboxylic acids is 2. The summed E-state index contributed by atoms with van der Waals surface area (Å²) in [6.45, 7) is 6.21. The summed E-state index contributed by atoms with van der Waals surface area (Å²) in [7, 11) is 0. The van der Waals surface area contributed by atoms with Crippen molar-refractivity contribution in [3.8, 4) is 0 Å². The molecule has 0 aliphatic carbocycles. The number of nitrogens with one attached hydrogen (secondary N) is 3. The maximum absolute atomic E-state index is 12.3. The Morgan fingerprint density at radius 1 is 1.04 bits per heavy atom. The van der Waals surface area contributed by atoms with Gasteiger partial charge in [0.2, 0.25) is 0 Å². The van der Waals surface area contributed by atoms with Crippen molar-refractivity contribution >= 4 is 11.9 Å². The number of rotatable bonds is 8. The number of urea groups is 1. The topological polar surface area (TPSA) is 83.4 Å². The van der Waals surface area contributed by atoms with Crippen molar-refractivity contribution in [2.45, 2.75) is 52.2 Å². The number of carbonyl (C=O) groups is 2. The van der Waals surface area contributed by atoms with Gasteiger partial charge in [0.25, 0.3) is 5.91 Å². The van der Waals surface area contributed by atoms with E-state index in [4.69, 9.17) is 4.42 Å². The summed E-state index contributed by atoms with van der Waals surface area (Å²) in [5.41, 5.74) is 1.54. The Balaban J connectivity index is 1.77. The van der Waals surface area contributed by atoms with Crippen molar-refractivity contribution in [1.82, 2.24) is 16.0 Å². The molecule has 6 nitrogen and oxygen atoms in total. The minimum absolute atomic E-state index is 0.0497. The second-order valence-corrected chi connectivity index (χ2v) is 6.67. The first kappa shape index (κ1) is 19.6. The van der Waals surface area contributed by atoms with E-state index in [2.05, 4.69) is 16.0 Å². The van der Waals surface area contributed by atoms with E-state index in [1.165, 1.54) is 0 Å². The molecule has 140 valence electrons. The molecule has 6 heteroatoms. The Bertz CT molecular complexity index is 694. The molecule has 0 saturated carbocycles. The molecule has 1 aromatic heterocycles. The Labute approximate surface area is 154 Å². The molecule has 1 aromatic carbocycles. The van der Waals surface area contributed by atoms with Crippen LogP contribution in [0.5, 0.6) is 0 Å². The van der Waals surface area contributed by atoms with Crippen LogP contribution in [-0.2, 0) is 13.0 Å². The van der Waals surface area contributed by atoms with Gasteiger partial charge in [0, 0.05) is 30.6 Å². The van der Waals surface area contributed by atoms with Crippen molar-refractivity contribution < 1.29 is 14.0 Å². The van der Waals surface area contributed by atoms with Crippen LogP contribution < -0.4 is 16.0 Å². The van der Waals surface area contributed by atoms with Crippen LogP contribution in [-0.4, -0.2) is 24.0 Å². The highest BCUT2D eigenvalue weighted by atomic mass is 16.3. The van der Waals surface area contributed by atoms with Crippen LogP contribution in [0.1, 0.15) is 48.9 Å². The predicted octanol–water partition coefficient (Wildman–Crippen LogP) is 3.24. The number of furan rings is 1. The normalized spacial score (nSPS) is 11.8. The molecule has 1 atom stereocenters. The summed E-state index contributed by atoms with van der Waals surface area (Å²) in [6.07, 6.45) is 3.26. The highest BCUT2D eigenvalue weighted by Crippen LogP contribution is 2.08. The second kappa shape index (κ2) is 9.65. The van der Waals surface area contributed by atoms with Crippen LogP contribution in [0, 0.1) is 0 Å². The van der Waals surface area contributed by atoms with Crippen LogP contribution in [0.15, 0.2) is 47.1 Å². The van der Waals surface area contributed by atoms with Gasteiger partial charge in [0.1, 0.15) is 5.76 Å². The zero-order chi connectivity index (χ0) is 18.9. The van der Waals surface area contributed by atoms with Gasteiger partial charge in [-0.25, -0.2) is 4.79 Å². The first-order valence-corrected chi connectivity index (χ1v) is 8.90. The van der Waals surface area contributed by atoms with Gasteiger partial charge in [-0.15, -0.1) is 0 Å². The molecular formula is C20H27N3O3. The molecule has 0 radical (unpaired) electrons. The molecule has 0 saturated heterocycles. The molecule has 0 spiro atoms. The fraction of sp³-hybridized carbons (Fsp3) is 0.400. The van der Waals surface area contributed by atoms with Crippen LogP contribution in [0.2, 0.25) is 0 Å². The lowest BCUT2D eigenvalue weighted by Crippen LogP contribution is -2.39. The van der Waals surface area contributed by atoms with Gasteiger partial charge in [-0.05, 0) is 57.0 Å². The first-order valence-electron chi connectivity index (χ1n) is 8.90. The molecule has 0 aliphatic rings. The zero-order valence-corrected chi connectivity index (χ0v) is 15.5. The Morgan fingerprint density at radius 3 is 2.38 bits per heavy atom. The van der Waals surface area contributed by atoms with Crippen molar-refractivity contribution in [3.63, 3.8) is 0 Å². The van der Waals surface area contributed by atoms with E-state index >= 15 is 0 Å². The largest absolute Gasteiger partial charge is 0.469 e. The van der Waals surface area contributed by atoms with Crippen LogP contribution in [0.25, 0.3) is 0 Å². The van der Waals surface area contributed by atoms with Gasteiger partial charge in [-0.3, -0.25) is 4.79 Å². The summed E-state index contributed by atoms with van der Waals surface area (Å²) in [6, 6.07) is 11.0. The fourth-order valence-electron chi connectivity index (χ4n) is 2.46. The summed E-state index contributed by atoms with van der Waals surface area (Å²) < 4.78 is 5.30. The lowest BCUT2D eigenvalue weighted by molar-refractivity contribution is 0.0938. The molecule has 3 N–H and O–H groups in total. The maximum atomic E-state index is 12.3. The smallest absolute Gasteiger partial charge is 0.315 e. The molecule has 0 aliphatic heterocycles. The Kier molecular flexibility index (Phi) is 7.26. The third-order valence-corrected chi connectivity index (χ3v) is 3.87. The molecule has 0 bridgehead atoms. The Morgan fingerprint density at radius 2 is 1.77 bits per heavy atom. The first-order chi connectivity index (χ1) is 12.4. The summed E-state index contributed by atoms with van der Waals surface area (Å²) in [5.74, 6) is 0.818. The van der Waals surface area contributed by atoms with Gasteiger partial charge in [-0.1, -0.05) is 12.1 Å². The lowest BCUT2D eigenvalue weighted by atomic mass is 10.1. The highest BCUT2D eigenvalue weighted by molar-refractivity contribution is 5.94. The Hall–Kier alpha value is -2.76. The van der Waals surface area contributed by atoms with Gasteiger partial charge in [0.05, 0.1) is 6.26 Å². The molecule has 2 aromatic rings. The standard InChI is InChI=1S/C20H27N3O3/c1-14(2)22-20(25)21-13-16-7-9-17(10-8-16)19(24)23-15(3)6-11-18-5-4-12-26-18/h4-5,7-10,12,14-15H,6,11,13H2,1-3H3,(H,23,24)(H2,21,22,25)/t15-/m1/s1. The van der Waals surface area contributed by atoms with Gasteiger partial charge >= 0.3 is 6.03 Å². The molecule has 26 heavy (non-hydrogen) atoms. The monoisotopic (exact) mass is 357 g/mol. The number of amides is 3. The average Bonchev–Trinajstić information content (AvgIpc) is 3.11. The summed E-state index contributed by atoms with van der Waals surface area (Å²) >= 11 is 0. The molecule has 2 rings (SSSR count). The fourth-order valence-corrected chi connectivity index (χ4v) is 2.46. The van der Waals surface area contributed by atoms with E-state index in [1.807, 2.05) is 45.0 Å². The highest BCUT2D eigenvalue weighted by Gasteiger charge is 2.11. The number of hydrogen-bond donors (Lipinski definition) is 3. The lowest BCUT2D eigenvalue weighted by Gasteiger charge is -2.14. The van der Waals surface area contributed by atoms with Gasteiger partial charge in [0.15, 0.2) is 0 Å². The van der Waals surface area contributed by atoms with E-state index in [1.54, 1.807) is 18.4 Å². The van der Waals surface area contributed by atoms with Crippen molar-refractivity contribution in [2.75, 3.05) is 0 Å². The van der Waals surface area contributed by atoms with Crippen LogP contribution in [0.3, 0.4) is 0 Å². The van der Waals surface area contributed by atoms with E-state index in [0.29, 0.717) is 12.1 Å². The van der Waals surface area contributed by atoms with Crippen molar-refractivity contribution in [2.24, 2.45) is 0 Å². The van der Waals surface area contributed by atoms with E-state index < -0.39 is 0 Å². The average molecular weight is 357 g/mol. The molecule has 0 unspecified atom stereocenters. The van der Waals surface area contributed by atoms with E-state index in [9.17, 15) is 9.59 Å². The van der Waals surface area contributed by atoms with Gasteiger partial charge in [-0.2, -0.15) is 0 Å². The summed E-state index contributed by atoms with van der Waals surface area (Å²) in [5, 5.41) is 8.54. The molecule has 1 heterocycles. The van der Waals surface area contributed by atoms with Crippen molar-refractivity contribution in [3.05, 3.63) is 59.5 Å². The predicted molar refractivity (Wildman–Crippen MR) is 101 cm³/mol. The molecule has 0 fully saturated rings. The minimum atomic E-state index is -0.202. The SMILES string of the molecule is CC(C)NC(=O)NCc1ccc(C(=O)N[C@H](C)CCc2ccco2)cc1. The minimum Gasteiger partial charge on any atom is -0.469 e. The quantitative estimate of drug-likeness (QED) is 0.678. The number of aryl methyl sites for hydroxylation is 1. The second-order valence-electron chi connectivity index (χ2n) is 6.67. The third kappa shape index (κ3) is 6.63. The zero-order valence-electron chi connectivity index (χ0n) is 15.5. The third-order valence-electron chi connectivity index (χ3n) is 3.87. The van der Waals surface area contributed by atoms with E-state index in [-0.39, 0.29) is 24.0 Å². The van der Waals surface area contributed by atoms with E-state index in [0.717, 1.165) is 24.2 Å². The van der Waals surface area contributed by atoms with Crippen LogP contribution >= 0.6 is 0 Å². The number of benzene rings is 1. The summed E-state index contributed by atoms with van der Waals surface area (Å²) in [4.78, 5) is 23.9. The van der Waals surface area contributed by atoms with Crippen molar-refractivity contribution in [1.29, 1.82) is 0 Å². The van der Waals surface area contributed by atoms with Gasteiger partial charge < -0.3 is 20.4 Å². The maximum Gasteiger partial charge on any atom is 0.315 e. The van der Waals surface area contributed by atoms with Crippen LogP contribution in [0.4, 0.5) is 4.79 Å². The number of hydrogen-bond acceptors (Lipinski definition) is 3. The molecule has 3 amide bonds. The molecular weight excluding hydrogens is 330 g/mol.